The van der Waals surface area contributed by atoms with Gasteiger partial charge >= 0.3 is 0 Å². The fraction of sp³-hybridized carbons (Fsp3) is 0.174. The second-order valence-corrected chi connectivity index (χ2v) is 8.32. The SMILES string of the molecule is CN(C)c1ccc(CN(Cc2ccc(C=O)cc2)Sc2c(F)c(F)c(F)c(F)c2F)cc1. The fourth-order valence-corrected chi connectivity index (χ4v) is 3.95. The molecule has 0 radical (unpaired) electrons. The average Bonchev–Trinajstić information content (AvgIpc) is 2.80. The van der Waals surface area contributed by atoms with E-state index in [-0.39, 0.29) is 13.1 Å². The molecule has 0 saturated heterocycles. The normalized spacial score (nSPS) is 11.1. The molecule has 3 nitrogen and oxygen atoms in total. The second kappa shape index (κ2) is 10.1. The van der Waals surface area contributed by atoms with Crippen LogP contribution in [0.1, 0.15) is 21.5 Å². The maximum Gasteiger partial charge on any atom is 0.200 e. The van der Waals surface area contributed by atoms with Gasteiger partial charge in [0.25, 0.3) is 0 Å². The van der Waals surface area contributed by atoms with E-state index in [4.69, 9.17) is 0 Å². The predicted molar refractivity (Wildman–Crippen MR) is 114 cm³/mol. The van der Waals surface area contributed by atoms with Crippen LogP contribution < -0.4 is 4.90 Å². The number of halogens is 5. The molecule has 0 unspecified atom stereocenters. The highest BCUT2D eigenvalue weighted by molar-refractivity contribution is 7.97. The molecule has 0 saturated carbocycles. The van der Waals surface area contributed by atoms with E-state index in [0.29, 0.717) is 29.4 Å². The molecule has 0 aliphatic heterocycles. The van der Waals surface area contributed by atoms with E-state index >= 15 is 0 Å². The Morgan fingerprint density at radius 2 is 1.16 bits per heavy atom. The molecule has 0 fully saturated rings. The summed E-state index contributed by atoms with van der Waals surface area (Å²) in [4.78, 5) is 11.8. The third kappa shape index (κ3) is 5.28. The van der Waals surface area contributed by atoms with Crippen LogP contribution in [0.5, 0.6) is 0 Å². The van der Waals surface area contributed by atoms with E-state index in [2.05, 4.69) is 0 Å². The molecule has 3 aromatic rings. The van der Waals surface area contributed by atoms with Crippen molar-refractivity contribution in [2.75, 3.05) is 19.0 Å². The summed E-state index contributed by atoms with van der Waals surface area (Å²) in [5.41, 5.74) is 2.86. The summed E-state index contributed by atoms with van der Waals surface area (Å²) in [5.74, 6) is -9.93. The minimum atomic E-state index is -2.19. The van der Waals surface area contributed by atoms with Gasteiger partial charge in [0.05, 0.1) is 0 Å². The summed E-state index contributed by atoms with van der Waals surface area (Å²) >= 11 is 0.446. The van der Waals surface area contributed by atoms with E-state index < -0.39 is 34.0 Å². The van der Waals surface area contributed by atoms with Crippen molar-refractivity contribution < 1.29 is 26.7 Å². The molecule has 32 heavy (non-hydrogen) atoms. The number of nitrogens with zero attached hydrogens (tertiary/aromatic N) is 2. The van der Waals surface area contributed by atoms with Gasteiger partial charge in [0, 0.05) is 38.4 Å². The molecule has 0 heterocycles. The number of hydrogen-bond donors (Lipinski definition) is 0. The zero-order valence-electron chi connectivity index (χ0n) is 17.2. The number of anilines is 1. The van der Waals surface area contributed by atoms with Gasteiger partial charge in [0.1, 0.15) is 11.2 Å². The van der Waals surface area contributed by atoms with E-state index in [1.54, 1.807) is 24.3 Å². The molecule has 0 bridgehead atoms. The van der Waals surface area contributed by atoms with Gasteiger partial charge in [0.2, 0.25) is 5.82 Å². The lowest BCUT2D eigenvalue weighted by Gasteiger charge is -2.23. The minimum absolute atomic E-state index is 0.124. The lowest BCUT2D eigenvalue weighted by atomic mass is 10.1. The lowest BCUT2D eigenvalue weighted by molar-refractivity contribution is 0.112. The van der Waals surface area contributed by atoms with Crippen molar-refractivity contribution in [3.05, 3.63) is 94.3 Å². The molecule has 3 aromatic carbocycles. The quantitative estimate of drug-likeness (QED) is 0.134. The van der Waals surface area contributed by atoms with E-state index in [1.807, 2.05) is 43.3 Å². The third-order valence-electron chi connectivity index (χ3n) is 4.68. The molecule has 168 valence electrons. The van der Waals surface area contributed by atoms with Crippen molar-refractivity contribution in [2.45, 2.75) is 18.0 Å². The second-order valence-electron chi connectivity index (χ2n) is 7.21. The van der Waals surface area contributed by atoms with Gasteiger partial charge in [-0.25, -0.2) is 26.3 Å². The molecule has 0 spiro atoms. The Hall–Kier alpha value is -2.91. The van der Waals surface area contributed by atoms with Gasteiger partial charge < -0.3 is 4.90 Å². The Morgan fingerprint density at radius 1 is 0.719 bits per heavy atom. The van der Waals surface area contributed by atoms with Crippen molar-refractivity contribution in [3.8, 4) is 0 Å². The molecular formula is C23H19F5N2OS. The van der Waals surface area contributed by atoms with Crippen LogP contribution in [0.25, 0.3) is 0 Å². The summed E-state index contributed by atoms with van der Waals surface area (Å²) in [6, 6.07) is 13.8. The Bertz CT molecular complexity index is 1080. The number of benzene rings is 3. The van der Waals surface area contributed by atoms with Crippen LogP contribution in [0.4, 0.5) is 27.6 Å². The van der Waals surface area contributed by atoms with E-state index in [1.165, 1.54) is 4.31 Å². The summed E-state index contributed by atoms with van der Waals surface area (Å²) in [5, 5.41) is 0. The van der Waals surface area contributed by atoms with Crippen LogP contribution in [0.15, 0.2) is 53.4 Å². The lowest BCUT2D eigenvalue weighted by Crippen LogP contribution is -2.17. The van der Waals surface area contributed by atoms with Gasteiger partial charge in [0.15, 0.2) is 23.3 Å². The number of aldehydes is 1. The standard InChI is InChI=1S/C23H19F5N2OS/c1-29(2)17-9-7-15(8-10-17)12-30(11-14-3-5-16(13-31)6-4-14)32-23-21(27)19(25)18(24)20(26)22(23)28/h3-10,13H,11-12H2,1-2H3. The molecule has 9 heteroatoms. The molecular weight excluding hydrogens is 447 g/mol. The fourth-order valence-electron chi connectivity index (χ4n) is 2.92. The van der Waals surface area contributed by atoms with Crippen LogP contribution in [0.3, 0.4) is 0 Å². The Morgan fingerprint density at radius 3 is 1.59 bits per heavy atom. The highest BCUT2D eigenvalue weighted by Gasteiger charge is 2.27. The van der Waals surface area contributed by atoms with Crippen molar-refractivity contribution in [1.29, 1.82) is 0 Å². The minimum Gasteiger partial charge on any atom is -0.378 e. The average molecular weight is 466 g/mol. The van der Waals surface area contributed by atoms with Gasteiger partial charge in [-0.3, -0.25) is 4.79 Å². The maximum absolute atomic E-state index is 14.3. The Kier molecular flexibility index (Phi) is 7.52. The molecule has 0 aliphatic rings. The van der Waals surface area contributed by atoms with Crippen LogP contribution in [0, 0.1) is 29.1 Å². The first-order valence-electron chi connectivity index (χ1n) is 9.46. The Balaban J connectivity index is 1.93. The third-order valence-corrected chi connectivity index (χ3v) is 5.73. The van der Waals surface area contributed by atoms with Crippen molar-refractivity contribution in [2.24, 2.45) is 0 Å². The number of hydrogen-bond acceptors (Lipinski definition) is 4. The molecule has 0 N–H and O–H groups in total. The zero-order valence-corrected chi connectivity index (χ0v) is 18.0. The van der Waals surface area contributed by atoms with E-state index in [9.17, 15) is 26.7 Å². The van der Waals surface area contributed by atoms with Gasteiger partial charge in [-0.05, 0) is 35.2 Å². The molecule has 3 rings (SSSR count). The number of carbonyl (C=O) groups excluding carboxylic acids is 1. The van der Waals surface area contributed by atoms with Gasteiger partial charge in [-0.1, -0.05) is 36.4 Å². The smallest absolute Gasteiger partial charge is 0.200 e. The monoisotopic (exact) mass is 466 g/mol. The number of rotatable bonds is 8. The van der Waals surface area contributed by atoms with Gasteiger partial charge in [-0.2, -0.15) is 0 Å². The first kappa shape index (κ1) is 23.7. The molecule has 0 atom stereocenters. The summed E-state index contributed by atoms with van der Waals surface area (Å²) in [7, 11) is 3.76. The highest BCUT2D eigenvalue weighted by Crippen LogP contribution is 2.35. The van der Waals surface area contributed by atoms with Crippen molar-refractivity contribution in [1.82, 2.24) is 4.31 Å². The van der Waals surface area contributed by atoms with Crippen molar-refractivity contribution in [3.63, 3.8) is 0 Å². The van der Waals surface area contributed by atoms with Gasteiger partial charge in [-0.15, -0.1) is 0 Å². The zero-order chi connectivity index (χ0) is 23.4. The predicted octanol–water partition coefficient (Wildman–Crippen LogP) is 5.97. The molecule has 0 amide bonds. The molecule has 0 aromatic heterocycles. The topological polar surface area (TPSA) is 23.6 Å². The van der Waals surface area contributed by atoms with Crippen LogP contribution in [-0.4, -0.2) is 24.7 Å². The largest absolute Gasteiger partial charge is 0.378 e. The first-order chi connectivity index (χ1) is 15.2. The highest BCUT2D eigenvalue weighted by atomic mass is 32.2. The van der Waals surface area contributed by atoms with Crippen LogP contribution >= 0.6 is 11.9 Å². The maximum atomic E-state index is 14.3. The van der Waals surface area contributed by atoms with Crippen molar-refractivity contribution >= 4 is 23.9 Å². The summed E-state index contributed by atoms with van der Waals surface area (Å²) in [6.07, 6.45) is 0.678. The van der Waals surface area contributed by atoms with Crippen LogP contribution in [-0.2, 0) is 13.1 Å². The summed E-state index contributed by atoms with van der Waals surface area (Å²) < 4.78 is 70.8. The molecule has 0 aliphatic carbocycles. The first-order valence-corrected chi connectivity index (χ1v) is 10.2. The Labute approximate surface area is 186 Å². The van der Waals surface area contributed by atoms with Crippen LogP contribution in [0.2, 0.25) is 0 Å². The van der Waals surface area contributed by atoms with E-state index in [0.717, 1.165) is 11.3 Å². The number of carbonyl (C=O) groups is 1. The summed E-state index contributed by atoms with van der Waals surface area (Å²) in [6.45, 7) is 0.284.